The first kappa shape index (κ1) is 29.2. The Morgan fingerprint density at radius 3 is 2.36 bits per heavy atom. The van der Waals surface area contributed by atoms with Crippen molar-refractivity contribution < 1.29 is 4.79 Å². The fraction of sp³-hybridized carbons (Fsp3) is 0.429. The summed E-state index contributed by atoms with van der Waals surface area (Å²) < 4.78 is 0. The summed E-state index contributed by atoms with van der Waals surface area (Å²) in [4.78, 5) is 16.3. The van der Waals surface area contributed by atoms with Gasteiger partial charge in [0.05, 0.1) is 5.69 Å². The molecule has 1 amide bonds. The number of nitrogens with zero attached hydrogens (tertiary/aromatic N) is 1. The fourth-order valence-corrected chi connectivity index (χ4v) is 3.52. The number of nitrogens with two attached hydrogens (primary N) is 1. The lowest BCUT2D eigenvalue weighted by Gasteiger charge is -2.14. The lowest BCUT2D eigenvalue weighted by molar-refractivity contribution is -0.122. The van der Waals surface area contributed by atoms with Crippen molar-refractivity contribution >= 4 is 55.5 Å². The van der Waals surface area contributed by atoms with Gasteiger partial charge in [-0.3, -0.25) is 9.78 Å². The van der Waals surface area contributed by atoms with E-state index in [2.05, 4.69) is 35.3 Å². The van der Waals surface area contributed by atoms with Crippen LogP contribution in [0.4, 0.5) is 0 Å². The summed E-state index contributed by atoms with van der Waals surface area (Å²) in [5.41, 5.74) is 10.3. The van der Waals surface area contributed by atoms with Gasteiger partial charge in [-0.2, -0.15) is 0 Å². The van der Waals surface area contributed by atoms with Crippen LogP contribution >= 0.6 is 49.6 Å². The Labute approximate surface area is 192 Å². The van der Waals surface area contributed by atoms with E-state index in [0.29, 0.717) is 6.42 Å². The maximum atomic E-state index is 11.8. The van der Waals surface area contributed by atoms with Crippen LogP contribution in [-0.4, -0.2) is 10.9 Å². The molecule has 158 valence electrons. The van der Waals surface area contributed by atoms with E-state index in [4.69, 9.17) is 5.73 Å². The van der Waals surface area contributed by atoms with Gasteiger partial charge >= 0.3 is 0 Å². The lowest BCUT2D eigenvalue weighted by Crippen LogP contribution is -2.25. The number of carbonyl (C=O) groups is 1. The van der Waals surface area contributed by atoms with Crippen molar-refractivity contribution in [1.82, 2.24) is 4.98 Å². The number of amides is 1. The van der Waals surface area contributed by atoms with Gasteiger partial charge in [-0.05, 0) is 55.0 Å². The second kappa shape index (κ2) is 14.9. The summed E-state index contributed by atoms with van der Waals surface area (Å²) in [7, 11) is 0. The third-order valence-corrected chi connectivity index (χ3v) is 4.95. The molecule has 4 bridgehead atoms. The number of primary amides is 1. The van der Waals surface area contributed by atoms with Gasteiger partial charge in [0, 0.05) is 17.7 Å². The van der Waals surface area contributed by atoms with Crippen LogP contribution in [0.3, 0.4) is 0 Å². The Morgan fingerprint density at radius 1 is 0.893 bits per heavy atom. The molecule has 0 saturated heterocycles. The molecule has 2 aromatic rings. The van der Waals surface area contributed by atoms with Crippen LogP contribution in [0.25, 0.3) is 11.3 Å². The molecule has 1 aromatic carbocycles. The zero-order valence-electron chi connectivity index (χ0n) is 15.8. The molecule has 0 fully saturated rings. The van der Waals surface area contributed by atoms with Crippen LogP contribution in [0, 0.1) is 5.92 Å². The average molecular weight is 468 g/mol. The van der Waals surface area contributed by atoms with Gasteiger partial charge in [0.2, 0.25) is 5.91 Å². The Kier molecular flexibility index (Phi) is 15.6. The lowest BCUT2D eigenvalue weighted by atomic mass is 9.92. The van der Waals surface area contributed by atoms with Gasteiger partial charge in [0.25, 0.3) is 0 Å². The molecule has 0 spiro atoms. The zero-order chi connectivity index (χ0) is 16.8. The highest BCUT2D eigenvalue weighted by Gasteiger charge is 2.16. The molecule has 7 heteroatoms. The molecular formula is C21H30Cl4N2O. The molecule has 0 radical (unpaired) electrons. The zero-order valence-corrected chi connectivity index (χ0v) is 19.1. The SMILES string of the molecule is Cl.Cl.Cl.Cl.NC(=O)C1CCCCCCCc2cccc(c2)-c2cc(ccn2)C1. The highest BCUT2D eigenvalue weighted by molar-refractivity contribution is 5.86. The van der Waals surface area contributed by atoms with Crippen molar-refractivity contribution in [2.24, 2.45) is 11.7 Å². The van der Waals surface area contributed by atoms with E-state index in [-0.39, 0.29) is 61.5 Å². The molecule has 1 aliphatic rings. The molecule has 2 N–H and O–H groups in total. The van der Waals surface area contributed by atoms with E-state index in [0.717, 1.165) is 36.1 Å². The van der Waals surface area contributed by atoms with Crippen molar-refractivity contribution in [3.63, 3.8) is 0 Å². The summed E-state index contributed by atoms with van der Waals surface area (Å²) in [6.45, 7) is 0. The molecule has 0 saturated carbocycles. The number of hydrogen-bond donors (Lipinski definition) is 1. The molecule has 28 heavy (non-hydrogen) atoms. The minimum Gasteiger partial charge on any atom is -0.369 e. The number of hydrogen-bond acceptors (Lipinski definition) is 2. The van der Waals surface area contributed by atoms with Crippen molar-refractivity contribution in [3.05, 3.63) is 53.7 Å². The molecule has 3 nitrogen and oxygen atoms in total. The number of aromatic nitrogens is 1. The number of rotatable bonds is 1. The van der Waals surface area contributed by atoms with E-state index in [9.17, 15) is 4.79 Å². The smallest absolute Gasteiger partial charge is 0.220 e. The Bertz CT molecular complexity index is 712. The molecule has 1 atom stereocenters. The highest BCUT2D eigenvalue weighted by Crippen LogP contribution is 2.23. The predicted octanol–water partition coefficient (Wildman–Crippen LogP) is 5.98. The third-order valence-electron chi connectivity index (χ3n) is 4.95. The van der Waals surface area contributed by atoms with Crippen LogP contribution in [0.2, 0.25) is 0 Å². The van der Waals surface area contributed by atoms with Gasteiger partial charge in [0.1, 0.15) is 0 Å². The van der Waals surface area contributed by atoms with Gasteiger partial charge in [0.15, 0.2) is 0 Å². The Morgan fingerprint density at radius 2 is 1.61 bits per heavy atom. The van der Waals surface area contributed by atoms with Crippen molar-refractivity contribution in [2.45, 2.75) is 51.4 Å². The second-order valence-corrected chi connectivity index (χ2v) is 6.86. The van der Waals surface area contributed by atoms with Gasteiger partial charge in [-0.15, -0.1) is 49.6 Å². The van der Waals surface area contributed by atoms with Crippen molar-refractivity contribution in [3.8, 4) is 11.3 Å². The standard InChI is InChI=1S/C21H26N2O.4ClH/c22-21(24)19-9-5-3-1-2-4-7-16-8-6-10-18(13-16)20-15-17(14-19)11-12-23-20;;;;/h6,8,10-13,15,19H,1-5,7,9,14H2,(H2,22,24);4*1H. The van der Waals surface area contributed by atoms with Gasteiger partial charge in [-0.1, -0.05) is 43.9 Å². The summed E-state index contributed by atoms with van der Waals surface area (Å²) >= 11 is 0. The normalized spacial score (nSPS) is 16.4. The van der Waals surface area contributed by atoms with E-state index in [1.807, 2.05) is 12.3 Å². The topological polar surface area (TPSA) is 56.0 Å². The summed E-state index contributed by atoms with van der Waals surface area (Å²) in [5, 5.41) is 0. The Balaban J connectivity index is 0. The van der Waals surface area contributed by atoms with E-state index in [1.54, 1.807) is 0 Å². The monoisotopic (exact) mass is 466 g/mol. The minimum atomic E-state index is -0.181. The van der Waals surface area contributed by atoms with E-state index in [1.165, 1.54) is 31.2 Å². The third kappa shape index (κ3) is 8.57. The number of fused-ring (bicyclic) bond motifs is 5. The molecule has 1 aliphatic carbocycles. The molecule has 0 aliphatic heterocycles. The summed E-state index contributed by atoms with van der Waals surface area (Å²) in [5.74, 6) is -0.253. The number of benzene rings is 1. The van der Waals surface area contributed by atoms with Crippen LogP contribution in [0.1, 0.15) is 49.7 Å². The quantitative estimate of drug-likeness (QED) is 0.560. The maximum Gasteiger partial charge on any atom is 0.220 e. The molecule has 1 heterocycles. The molecular weight excluding hydrogens is 438 g/mol. The fourth-order valence-electron chi connectivity index (χ4n) is 3.52. The average Bonchev–Trinajstić information content (AvgIpc) is 2.60. The van der Waals surface area contributed by atoms with Crippen molar-refractivity contribution in [2.75, 3.05) is 0 Å². The predicted molar refractivity (Wildman–Crippen MR) is 126 cm³/mol. The van der Waals surface area contributed by atoms with Crippen LogP contribution in [0.5, 0.6) is 0 Å². The van der Waals surface area contributed by atoms with E-state index < -0.39 is 0 Å². The van der Waals surface area contributed by atoms with Crippen LogP contribution < -0.4 is 5.73 Å². The van der Waals surface area contributed by atoms with Crippen LogP contribution in [-0.2, 0) is 17.6 Å². The first-order valence-electron chi connectivity index (χ1n) is 9.06. The summed E-state index contributed by atoms with van der Waals surface area (Å²) in [6.07, 6.45) is 10.5. The van der Waals surface area contributed by atoms with E-state index >= 15 is 0 Å². The summed E-state index contributed by atoms with van der Waals surface area (Å²) in [6, 6.07) is 12.8. The molecule has 1 aromatic heterocycles. The number of carbonyl (C=O) groups excluding carboxylic acids is 1. The number of aryl methyl sites for hydroxylation is 1. The first-order chi connectivity index (χ1) is 11.7. The number of halogens is 4. The molecule has 1 unspecified atom stereocenters. The first-order valence-corrected chi connectivity index (χ1v) is 9.06. The maximum absolute atomic E-state index is 11.8. The molecule has 3 rings (SSSR count). The van der Waals surface area contributed by atoms with Gasteiger partial charge in [-0.25, -0.2) is 0 Å². The number of pyridine rings is 1. The van der Waals surface area contributed by atoms with Crippen molar-refractivity contribution in [1.29, 1.82) is 0 Å². The van der Waals surface area contributed by atoms with Gasteiger partial charge < -0.3 is 5.73 Å². The largest absolute Gasteiger partial charge is 0.369 e. The van der Waals surface area contributed by atoms with Crippen LogP contribution in [0.15, 0.2) is 42.6 Å². The second-order valence-electron chi connectivity index (χ2n) is 6.86. The highest BCUT2D eigenvalue weighted by atomic mass is 35.5. The minimum absolute atomic E-state index is 0. The Hall–Kier alpha value is -1.00.